The molecule has 4 atom stereocenters. The second-order valence-corrected chi connectivity index (χ2v) is 8.18. The van der Waals surface area contributed by atoms with Crippen LogP contribution in [-0.2, 0) is 0 Å². The Labute approximate surface area is 120 Å². The molecule has 0 bridgehead atoms. The van der Waals surface area contributed by atoms with Gasteiger partial charge in [-0.2, -0.15) is 0 Å². The smallest absolute Gasteiger partial charge is 0.0250 e. The van der Waals surface area contributed by atoms with E-state index >= 15 is 0 Å². The predicted molar refractivity (Wildman–Crippen MR) is 83.1 cm³/mol. The van der Waals surface area contributed by atoms with Gasteiger partial charge in [-0.15, -0.1) is 0 Å². The quantitative estimate of drug-likeness (QED) is 0.785. The monoisotopic (exact) mass is 266 g/mol. The van der Waals surface area contributed by atoms with Gasteiger partial charge in [0.1, 0.15) is 0 Å². The van der Waals surface area contributed by atoms with Crippen molar-refractivity contribution in [1.29, 1.82) is 0 Å². The van der Waals surface area contributed by atoms with Gasteiger partial charge in [0.25, 0.3) is 0 Å². The third-order valence-corrected chi connectivity index (χ3v) is 5.61. The first-order valence-corrected chi connectivity index (χ1v) is 8.37. The van der Waals surface area contributed by atoms with Crippen molar-refractivity contribution in [2.24, 2.45) is 23.0 Å². The number of nitrogens with two attached hydrogens (primary N) is 1. The van der Waals surface area contributed by atoms with E-state index in [1.807, 2.05) is 0 Å². The van der Waals surface area contributed by atoms with Gasteiger partial charge in [-0.05, 0) is 68.9 Å². The standard InChI is InChI=1S/C17H34N2/c1-13-6-5-10-19(11-9-13)16-12-14(17(2,3)4)7-8-15(16)18/h13-16H,5-12,18H2,1-4H3. The molecule has 1 saturated carbocycles. The predicted octanol–water partition coefficient (Wildman–Crippen LogP) is 3.65. The zero-order chi connectivity index (χ0) is 14.0. The van der Waals surface area contributed by atoms with Crippen molar-refractivity contribution in [2.75, 3.05) is 13.1 Å². The Kier molecular flexibility index (Phi) is 4.94. The van der Waals surface area contributed by atoms with Crippen LogP contribution in [-0.4, -0.2) is 30.1 Å². The fraction of sp³-hybridized carbons (Fsp3) is 1.00. The summed E-state index contributed by atoms with van der Waals surface area (Å²) in [4.78, 5) is 2.73. The minimum Gasteiger partial charge on any atom is -0.326 e. The highest BCUT2D eigenvalue weighted by molar-refractivity contribution is 4.93. The molecule has 0 aromatic heterocycles. The number of likely N-dealkylation sites (tertiary alicyclic amines) is 1. The third-order valence-electron chi connectivity index (χ3n) is 5.61. The fourth-order valence-electron chi connectivity index (χ4n) is 3.99. The molecule has 19 heavy (non-hydrogen) atoms. The minimum absolute atomic E-state index is 0.409. The van der Waals surface area contributed by atoms with E-state index in [1.54, 1.807) is 0 Å². The summed E-state index contributed by atoms with van der Waals surface area (Å²) in [5.74, 6) is 1.75. The van der Waals surface area contributed by atoms with Crippen molar-refractivity contribution in [3.8, 4) is 0 Å². The fourth-order valence-corrected chi connectivity index (χ4v) is 3.99. The second-order valence-electron chi connectivity index (χ2n) is 8.18. The SMILES string of the molecule is CC1CCCN(C2CC(C(C)(C)C)CCC2N)CC1. The Balaban J connectivity index is 2.00. The van der Waals surface area contributed by atoms with Crippen molar-refractivity contribution in [2.45, 2.75) is 78.3 Å². The summed E-state index contributed by atoms with van der Waals surface area (Å²) in [6.07, 6.45) is 8.00. The molecule has 2 rings (SSSR count). The molecule has 4 unspecified atom stereocenters. The number of hydrogen-bond donors (Lipinski definition) is 1. The zero-order valence-corrected chi connectivity index (χ0v) is 13.5. The number of hydrogen-bond acceptors (Lipinski definition) is 2. The van der Waals surface area contributed by atoms with E-state index in [9.17, 15) is 0 Å². The number of nitrogens with zero attached hydrogens (tertiary/aromatic N) is 1. The van der Waals surface area contributed by atoms with Gasteiger partial charge in [-0.1, -0.05) is 27.7 Å². The first-order chi connectivity index (χ1) is 8.88. The van der Waals surface area contributed by atoms with Crippen LogP contribution >= 0.6 is 0 Å². The van der Waals surface area contributed by atoms with Crippen LogP contribution in [0.1, 0.15) is 66.2 Å². The molecule has 0 spiro atoms. The summed E-state index contributed by atoms with van der Waals surface area (Å²) in [5.41, 5.74) is 6.90. The Morgan fingerprint density at radius 3 is 2.42 bits per heavy atom. The first kappa shape index (κ1) is 15.3. The molecule has 0 amide bonds. The van der Waals surface area contributed by atoms with E-state index in [-0.39, 0.29) is 0 Å². The van der Waals surface area contributed by atoms with Crippen LogP contribution in [0.5, 0.6) is 0 Å². The lowest BCUT2D eigenvalue weighted by Gasteiger charge is -2.45. The molecule has 2 N–H and O–H groups in total. The van der Waals surface area contributed by atoms with Crippen molar-refractivity contribution in [1.82, 2.24) is 4.90 Å². The van der Waals surface area contributed by atoms with Crippen LogP contribution in [0.3, 0.4) is 0 Å². The normalized spacial score (nSPS) is 39.0. The van der Waals surface area contributed by atoms with E-state index in [0.29, 0.717) is 17.5 Å². The third kappa shape index (κ3) is 3.95. The van der Waals surface area contributed by atoms with Gasteiger partial charge >= 0.3 is 0 Å². The van der Waals surface area contributed by atoms with Crippen LogP contribution in [0, 0.1) is 17.3 Å². The summed E-state index contributed by atoms with van der Waals surface area (Å²) in [6, 6.07) is 1.05. The largest absolute Gasteiger partial charge is 0.326 e. The molecule has 0 aromatic rings. The Morgan fingerprint density at radius 2 is 1.74 bits per heavy atom. The van der Waals surface area contributed by atoms with Crippen molar-refractivity contribution in [3.05, 3.63) is 0 Å². The van der Waals surface area contributed by atoms with Gasteiger partial charge in [-0.3, -0.25) is 4.90 Å². The van der Waals surface area contributed by atoms with E-state index in [0.717, 1.165) is 11.8 Å². The maximum absolute atomic E-state index is 6.46. The van der Waals surface area contributed by atoms with Crippen LogP contribution in [0.2, 0.25) is 0 Å². The van der Waals surface area contributed by atoms with Crippen molar-refractivity contribution >= 4 is 0 Å². The summed E-state index contributed by atoms with van der Waals surface area (Å²) in [7, 11) is 0. The highest BCUT2D eigenvalue weighted by Crippen LogP contribution is 2.39. The maximum atomic E-state index is 6.46. The van der Waals surface area contributed by atoms with Crippen LogP contribution in [0.15, 0.2) is 0 Å². The van der Waals surface area contributed by atoms with Gasteiger partial charge in [0.2, 0.25) is 0 Å². The molecular weight excluding hydrogens is 232 g/mol. The van der Waals surface area contributed by atoms with E-state index in [4.69, 9.17) is 5.73 Å². The topological polar surface area (TPSA) is 29.3 Å². The van der Waals surface area contributed by atoms with Crippen LogP contribution < -0.4 is 5.73 Å². The Morgan fingerprint density at radius 1 is 1.00 bits per heavy atom. The van der Waals surface area contributed by atoms with Crippen molar-refractivity contribution in [3.63, 3.8) is 0 Å². The molecule has 1 heterocycles. The molecular formula is C17H34N2. The van der Waals surface area contributed by atoms with E-state index in [2.05, 4.69) is 32.6 Å². The minimum atomic E-state index is 0.409. The molecule has 112 valence electrons. The maximum Gasteiger partial charge on any atom is 0.0250 e. The van der Waals surface area contributed by atoms with Gasteiger partial charge in [0.15, 0.2) is 0 Å². The molecule has 1 aliphatic heterocycles. The number of rotatable bonds is 1. The van der Waals surface area contributed by atoms with Gasteiger partial charge in [0.05, 0.1) is 0 Å². The van der Waals surface area contributed by atoms with Crippen LogP contribution in [0.25, 0.3) is 0 Å². The average molecular weight is 266 g/mol. The Bertz CT molecular complexity index is 281. The average Bonchev–Trinajstić information content (AvgIpc) is 2.53. The lowest BCUT2D eigenvalue weighted by molar-refractivity contribution is 0.0707. The van der Waals surface area contributed by atoms with Gasteiger partial charge < -0.3 is 5.73 Å². The van der Waals surface area contributed by atoms with Gasteiger partial charge in [0, 0.05) is 12.1 Å². The van der Waals surface area contributed by atoms with E-state index in [1.165, 1.54) is 51.6 Å². The summed E-state index contributed by atoms with van der Waals surface area (Å²) in [5, 5.41) is 0. The van der Waals surface area contributed by atoms with E-state index < -0.39 is 0 Å². The zero-order valence-electron chi connectivity index (χ0n) is 13.5. The molecule has 0 radical (unpaired) electrons. The lowest BCUT2D eigenvalue weighted by atomic mass is 9.69. The first-order valence-electron chi connectivity index (χ1n) is 8.37. The molecule has 2 fully saturated rings. The highest BCUT2D eigenvalue weighted by Gasteiger charge is 2.37. The lowest BCUT2D eigenvalue weighted by Crippen LogP contribution is -2.52. The molecule has 2 heteroatoms. The Hall–Kier alpha value is -0.0800. The summed E-state index contributed by atoms with van der Waals surface area (Å²) >= 11 is 0. The summed E-state index contributed by atoms with van der Waals surface area (Å²) < 4.78 is 0. The molecule has 1 aliphatic carbocycles. The molecule has 2 aliphatic rings. The second kappa shape index (κ2) is 6.13. The van der Waals surface area contributed by atoms with Gasteiger partial charge in [-0.25, -0.2) is 0 Å². The van der Waals surface area contributed by atoms with Crippen molar-refractivity contribution < 1.29 is 0 Å². The molecule has 2 nitrogen and oxygen atoms in total. The summed E-state index contributed by atoms with van der Waals surface area (Å²) in [6.45, 7) is 12.2. The molecule has 1 saturated heterocycles. The highest BCUT2D eigenvalue weighted by atomic mass is 15.2. The van der Waals surface area contributed by atoms with Crippen LogP contribution in [0.4, 0.5) is 0 Å². The molecule has 0 aromatic carbocycles.